The number of nitrogens with one attached hydrogen (secondary N) is 1. The number of benzene rings is 2. The maximum absolute atomic E-state index is 13.7. The second-order valence-electron chi connectivity index (χ2n) is 9.60. The molecule has 2 aromatic rings. The number of rotatable bonds is 10. The topological polar surface area (TPSA) is 86.8 Å². The molecule has 0 aliphatic heterocycles. The average Bonchev–Trinajstić information content (AvgIpc) is 2.74. The van der Waals surface area contributed by atoms with E-state index in [2.05, 4.69) is 5.32 Å². The van der Waals surface area contributed by atoms with Crippen LogP contribution in [0.3, 0.4) is 0 Å². The van der Waals surface area contributed by atoms with E-state index >= 15 is 0 Å². The molecule has 2 aromatic carbocycles. The molecule has 0 aromatic heterocycles. The minimum atomic E-state index is -3.83. The van der Waals surface area contributed by atoms with E-state index in [9.17, 15) is 26.8 Å². The van der Waals surface area contributed by atoms with Crippen molar-refractivity contribution in [2.24, 2.45) is 0 Å². The van der Waals surface area contributed by atoms with Crippen molar-refractivity contribution in [3.05, 3.63) is 64.7 Å². The summed E-state index contributed by atoms with van der Waals surface area (Å²) in [5.74, 6) is -2.98. The molecule has 1 N–H and O–H groups in total. The van der Waals surface area contributed by atoms with Crippen LogP contribution in [0.1, 0.15) is 46.1 Å². The molecule has 2 amide bonds. The van der Waals surface area contributed by atoms with Crippen molar-refractivity contribution in [2.45, 2.75) is 58.7 Å². The predicted molar refractivity (Wildman–Crippen MR) is 137 cm³/mol. The number of hydrogen-bond acceptors (Lipinski definition) is 4. The molecule has 0 saturated carbocycles. The first kappa shape index (κ1) is 29.5. The molecule has 11 heteroatoms. The summed E-state index contributed by atoms with van der Waals surface area (Å²) in [7, 11) is -3.83. The minimum Gasteiger partial charge on any atom is -0.350 e. The van der Waals surface area contributed by atoms with Crippen LogP contribution in [0.25, 0.3) is 0 Å². The maximum Gasteiger partial charge on any atom is 0.242 e. The molecule has 0 aliphatic rings. The third-order valence-electron chi connectivity index (χ3n) is 5.25. The SMILES string of the molecule is C[C@@H](C(=O)NC(C)(C)C)N(Cc1cccc(Cl)c1)C(=O)CCCN(c1ccc(F)c(F)c1)S(C)(=O)=O. The van der Waals surface area contributed by atoms with Crippen molar-refractivity contribution in [1.29, 1.82) is 0 Å². The van der Waals surface area contributed by atoms with Gasteiger partial charge in [0.1, 0.15) is 6.04 Å². The van der Waals surface area contributed by atoms with Crippen LogP contribution < -0.4 is 9.62 Å². The zero-order valence-electron chi connectivity index (χ0n) is 21.0. The van der Waals surface area contributed by atoms with Crippen molar-refractivity contribution in [1.82, 2.24) is 10.2 Å². The lowest BCUT2D eigenvalue weighted by molar-refractivity contribution is -0.141. The quantitative estimate of drug-likeness (QED) is 0.478. The molecule has 2 rings (SSSR count). The zero-order chi connectivity index (χ0) is 27.3. The van der Waals surface area contributed by atoms with Gasteiger partial charge in [-0.2, -0.15) is 0 Å². The lowest BCUT2D eigenvalue weighted by Crippen LogP contribution is -2.52. The number of hydrogen-bond donors (Lipinski definition) is 1. The molecule has 0 radical (unpaired) electrons. The molecule has 0 bridgehead atoms. The highest BCUT2D eigenvalue weighted by molar-refractivity contribution is 7.92. The van der Waals surface area contributed by atoms with E-state index < -0.39 is 33.2 Å². The Morgan fingerprint density at radius 1 is 1.08 bits per heavy atom. The molecule has 0 heterocycles. The Labute approximate surface area is 216 Å². The van der Waals surface area contributed by atoms with Crippen LogP contribution in [0.4, 0.5) is 14.5 Å². The molecule has 1 atom stereocenters. The van der Waals surface area contributed by atoms with Gasteiger partial charge in [-0.1, -0.05) is 23.7 Å². The molecule has 7 nitrogen and oxygen atoms in total. The Morgan fingerprint density at radius 3 is 2.31 bits per heavy atom. The monoisotopic (exact) mass is 543 g/mol. The van der Waals surface area contributed by atoms with Gasteiger partial charge in [0, 0.05) is 36.1 Å². The van der Waals surface area contributed by atoms with E-state index in [1.54, 1.807) is 31.2 Å². The maximum atomic E-state index is 13.7. The summed E-state index contributed by atoms with van der Waals surface area (Å²) in [6.07, 6.45) is 0.953. The highest BCUT2D eigenvalue weighted by Gasteiger charge is 2.28. The van der Waals surface area contributed by atoms with Gasteiger partial charge in [0.15, 0.2) is 11.6 Å². The Bertz CT molecular complexity index is 1200. The average molecular weight is 544 g/mol. The number of sulfonamides is 1. The first-order chi connectivity index (χ1) is 16.6. The Hall–Kier alpha value is -2.72. The van der Waals surface area contributed by atoms with Crippen molar-refractivity contribution in [2.75, 3.05) is 17.1 Å². The van der Waals surface area contributed by atoms with Gasteiger partial charge in [-0.15, -0.1) is 0 Å². The van der Waals surface area contributed by atoms with E-state index in [-0.39, 0.29) is 43.4 Å². The largest absolute Gasteiger partial charge is 0.350 e. The number of carbonyl (C=O) groups excluding carboxylic acids is 2. The van der Waals surface area contributed by atoms with Crippen LogP contribution in [0.15, 0.2) is 42.5 Å². The zero-order valence-corrected chi connectivity index (χ0v) is 22.6. The summed E-state index contributed by atoms with van der Waals surface area (Å²) >= 11 is 6.08. The number of halogens is 3. The van der Waals surface area contributed by atoms with Crippen molar-refractivity contribution < 1.29 is 26.8 Å². The molecule has 0 unspecified atom stereocenters. The van der Waals surface area contributed by atoms with Gasteiger partial charge in [0.25, 0.3) is 0 Å². The summed E-state index contributed by atoms with van der Waals surface area (Å²) in [6.45, 7) is 7.10. The molecule has 36 heavy (non-hydrogen) atoms. The number of amides is 2. The van der Waals surface area contributed by atoms with E-state index in [0.717, 1.165) is 34.3 Å². The van der Waals surface area contributed by atoms with Crippen LogP contribution in [0.5, 0.6) is 0 Å². The van der Waals surface area contributed by atoms with Crippen LogP contribution in [0, 0.1) is 11.6 Å². The number of anilines is 1. The molecule has 0 spiro atoms. The Kier molecular flexibility index (Phi) is 9.85. The van der Waals surface area contributed by atoms with Gasteiger partial charge in [-0.25, -0.2) is 17.2 Å². The van der Waals surface area contributed by atoms with Crippen LogP contribution in [0.2, 0.25) is 5.02 Å². The number of nitrogens with zero attached hydrogens (tertiary/aromatic N) is 2. The summed E-state index contributed by atoms with van der Waals surface area (Å²) < 4.78 is 52.5. The van der Waals surface area contributed by atoms with Crippen LogP contribution >= 0.6 is 11.6 Å². The van der Waals surface area contributed by atoms with Crippen molar-refractivity contribution in [3.8, 4) is 0 Å². The molecule has 0 saturated heterocycles. The summed E-state index contributed by atoms with van der Waals surface area (Å²) in [5, 5.41) is 3.35. The molecule has 0 fully saturated rings. The van der Waals surface area contributed by atoms with Crippen molar-refractivity contribution >= 4 is 39.1 Å². The Balaban J connectivity index is 2.21. The smallest absolute Gasteiger partial charge is 0.242 e. The highest BCUT2D eigenvalue weighted by Crippen LogP contribution is 2.22. The van der Waals surface area contributed by atoms with Gasteiger partial charge >= 0.3 is 0 Å². The summed E-state index contributed by atoms with van der Waals surface area (Å²) in [4.78, 5) is 27.5. The lowest BCUT2D eigenvalue weighted by atomic mass is 10.1. The first-order valence-electron chi connectivity index (χ1n) is 11.4. The Morgan fingerprint density at radius 2 is 1.75 bits per heavy atom. The van der Waals surface area contributed by atoms with Gasteiger partial charge < -0.3 is 10.2 Å². The minimum absolute atomic E-state index is 0.0439. The third-order valence-corrected chi connectivity index (χ3v) is 6.68. The van der Waals surface area contributed by atoms with Crippen molar-refractivity contribution in [3.63, 3.8) is 0 Å². The second-order valence-corrected chi connectivity index (χ2v) is 11.9. The molecule has 0 aliphatic carbocycles. The first-order valence-corrected chi connectivity index (χ1v) is 13.6. The van der Waals surface area contributed by atoms with Gasteiger partial charge in [0.05, 0.1) is 11.9 Å². The standard InChI is InChI=1S/C25H32ClF2N3O4S/c1-17(24(33)29-25(2,3)4)30(16-18-8-6-9-19(26)14-18)23(32)10-7-13-31(36(5,34)35)20-11-12-21(27)22(28)15-20/h6,8-9,11-12,14-15,17H,7,10,13,16H2,1-5H3,(H,29,33)/t17-/m0/s1. The highest BCUT2D eigenvalue weighted by atomic mass is 35.5. The van der Waals surface area contributed by atoms with E-state index in [4.69, 9.17) is 11.6 Å². The summed E-state index contributed by atoms with van der Waals surface area (Å²) in [5.41, 5.74) is 0.180. The fourth-order valence-corrected chi connectivity index (χ4v) is 4.70. The molecular weight excluding hydrogens is 512 g/mol. The normalized spacial score (nSPS) is 12.7. The fourth-order valence-electron chi connectivity index (χ4n) is 3.53. The van der Waals surface area contributed by atoms with Gasteiger partial charge in [-0.3, -0.25) is 13.9 Å². The number of carbonyl (C=O) groups is 2. The lowest BCUT2D eigenvalue weighted by Gasteiger charge is -2.32. The fraction of sp³-hybridized carbons (Fsp3) is 0.440. The van der Waals surface area contributed by atoms with E-state index in [1.807, 2.05) is 20.8 Å². The molecule has 198 valence electrons. The predicted octanol–water partition coefficient (Wildman–Crippen LogP) is 4.50. The third kappa shape index (κ3) is 8.74. The van der Waals surface area contributed by atoms with Gasteiger partial charge in [-0.05, 0) is 63.9 Å². The van der Waals surface area contributed by atoms with E-state index in [0.29, 0.717) is 5.02 Å². The second kappa shape index (κ2) is 12.0. The van der Waals surface area contributed by atoms with Crippen LogP contribution in [-0.2, 0) is 26.2 Å². The van der Waals surface area contributed by atoms with Crippen LogP contribution in [-0.4, -0.2) is 49.5 Å². The van der Waals surface area contributed by atoms with Gasteiger partial charge in [0.2, 0.25) is 21.8 Å². The summed E-state index contributed by atoms with van der Waals surface area (Å²) in [6, 6.07) is 8.91. The molecular formula is C25H32ClF2N3O4S. The van der Waals surface area contributed by atoms with E-state index in [1.165, 1.54) is 4.90 Å².